The van der Waals surface area contributed by atoms with Gasteiger partial charge in [-0.3, -0.25) is 10.1 Å². The van der Waals surface area contributed by atoms with Gasteiger partial charge in [-0.25, -0.2) is 4.98 Å². The summed E-state index contributed by atoms with van der Waals surface area (Å²) in [6.45, 7) is 0. The Labute approximate surface area is 140 Å². The number of halogens is 5. The smallest absolute Gasteiger partial charge is 0.399 e. The molecule has 1 aromatic heterocycles. The summed E-state index contributed by atoms with van der Waals surface area (Å²) in [7, 11) is 1.14. The van der Waals surface area contributed by atoms with Crippen molar-refractivity contribution in [2.24, 2.45) is 5.16 Å². The summed E-state index contributed by atoms with van der Waals surface area (Å²) in [5.74, 6) is -5.12. The van der Waals surface area contributed by atoms with Crippen molar-refractivity contribution in [3.63, 3.8) is 0 Å². The Balaban J connectivity index is 2.43. The number of benzene rings is 1. The van der Waals surface area contributed by atoms with E-state index in [9.17, 15) is 32.1 Å². The van der Waals surface area contributed by atoms with Gasteiger partial charge in [-0.1, -0.05) is 5.16 Å². The number of rotatable bonds is 5. The SMILES string of the molecule is CO/N=C(\c1ccc([N+](=O)[O-])cc1)c1nc(C(F)(F)C(F)(F)F)cs1. The Morgan fingerprint density at radius 3 is 2.32 bits per heavy atom. The number of nitro benzene ring substituents is 1. The lowest BCUT2D eigenvalue weighted by atomic mass is 10.1. The second-order valence-electron chi connectivity index (χ2n) is 4.54. The van der Waals surface area contributed by atoms with E-state index in [2.05, 4.69) is 15.0 Å². The molecule has 25 heavy (non-hydrogen) atoms. The van der Waals surface area contributed by atoms with Crippen molar-refractivity contribution in [3.05, 3.63) is 56.0 Å². The van der Waals surface area contributed by atoms with Crippen molar-refractivity contribution >= 4 is 22.7 Å². The van der Waals surface area contributed by atoms with Crippen molar-refractivity contribution in [2.45, 2.75) is 12.1 Å². The topological polar surface area (TPSA) is 77.6 Å². The maximum absolute atomic E-state index is 13.3. The Hall–Kier alpha value is -2.63. The molecule has 0 saturated heterocycles. The number of thiazole rings is 1. The molecule has 6 nitrogen and oxygen atoms in total. The molecule has 0 bridgehead atoms. The zero-order valence-corrected chi connectivity index (χ0v) is 13.1. The van der Waals surface area contributed by atoms with E-state index < -0.39 is 22.7 Å². The van der Waals surface area contributed by atoms with Gasteiger partial charge in [-0.15, -0.1) is 11.3 Å². The molecule has 0 saturated carbocycles. The van der Waals surface area contributed by atoms with Crippen LogP contribution in [0.1, 0.15) is 16.3 Å². The van der Waals surface area contributed by atoms with Crippen LogP contribution in [-0.4, -0.2) is 28.9 Å². The van der Waals surface area contributed by atoms with Crippen molar-refractivity contribution in [1.29, 1.82) is 0 Å². The van der Waals surface area contributed by atoms with Gasteiger partial charge in [0, 0.05) is 23.1 Å². The standard InChI is InChI=1S/C13H8F5N3O3S/c1-24-20-10(7-2-4-8(5-3-7)21(22)23)11-19-9(6-25-11)12(14,15)13(16,17)18/h2-6H,1H3/b20-10+. The zero-order chi connectivity index (χ0) is 18.8. The Morgan fingerprint density at radius 1 is 1.24 bits per heavy atom. The highest BCUT2D eigenvalue weighted by atomic mass is 32.1. The second-order valence-corrected chi connectivity index (χ2v) is 5.39. The number of non-ortho nitro benzene ring substituents is 1. The highest BCUT2D eigenvalue weighted by Gasteiger charge is 2.60. The van der Waals surface area contributed by atoms with Crippen LogP contribution in [0.15, 0.2) is 34.8 Å². The highest BCUT2D eigenvalue weighted by Crippen LogP contribution is 2.44. The molecule has 0 atom stereocenters. The molecule has 0 amide bonds. The van der Waals surface area contributed by atoms with Gasteiger partial charge in [-0.05, 0) is 12.1 Å². The average molecular weight is 381 g/mol. The summed E-state index contributed by atoms with van der Waals surface area (Å²) in [4.78, 5) is 17.9. The maximum Gasteiger partial charge on any atom is 0.459 e. The van der Waals surface area contributed by atoms with Crippen molar-refractivity contribution < 1.29 is 31.7 Å². The van der Waals surface area contributed by atoms with Crippen LogP contribution in [0.3, 0.4) is 0 Å². The quantitative estimate of drug-likeness (QED) is 0.338. The fraction of sp³-hybridized carbons (Fsp3) is 0.231. The van der Waals surface area contributed by atoms with E-state index in [-0.39, 0.29) is 22.0 Å². The normalized spacial score (nSPS) is 13.0. The van der Waals surface area contributed by atoms with Crippen LogP contribution in [0.4, 0.5) is 27.6 Å². The fourth-order valence-corrected chi connectivity index (χ4v) is 2.56. The summed E-state index contributed by atoms with van der Waals surface area (Å²) in [5.41, 5.74) is -1.63. The number of nitrogens with zero attached hydrogens (tertiary/aromatic N) is 3. The van der Waals surface area contributed by atoms with Crippen molar-refractivity contribution in [3.8, 4) is 0 Å². The molecule has 0 aliphatic heterocycles. The van der Waals surface area contributed by atoms with Crippen LogP contribution >= 0.6 is 11.3 Å². The number of nitro groups is 1. The summed E-state index contributed by atoms with van der Waals surface area (Å²) in [6, 6.07) is 4.75. The van der Waals surface area contributed by atoms with Crippen molar-refractivity contribution in [2.75, 3.05) is 7.11 Å². The van der Waals surface area contributed by atoms with Gasteiger partial charge in [0.15, 0.2) is 0 Å². The number of alkyl halides is 5. The third-order valence-corrected chi connectivity index (χ3v) is 3.77. The molecule has 1 heterocycles. The minimum absolute atomic E-state index is 0.133. The minimum atomic E-state index is -5.79. The molecule has 1 aromatic carbocycles. The lowest BCUT2D eigenvalue weighted by Gasteiger charge is -2.16. The molecule has 0 aliphatic rings. The van der Waals surface area contributed by atoms with Crippen LogP contribution in [-0.2, 0) is 10.8 Å². The third-order valence-electron chi connectivity index (χ3n) is 2.92. The average Bonchev–Trinajstić information content (AvgIpc) is 3.02. The first-order valence-corrected chi connectivity index (χ1v) is 7.22. The van der Waals surface area contributed by atoms with E-state index >= 15 is 0 Å². The van der Waals surface area contributed by atoms with Crippen LogP contribution < -0.4 is 0 Å². The Morgan fingerprint density at radius 2 is 1.84 bits per heavy atom. The number of oxime groups is 1. The first-order chi connectivity index (χ1) is 11.6. The van der Waals surface area contributed by atoms with Gasteiger partial charge in [-0.2, -0.15) is 22.0 Å². The maximum atomic E-state index is 13.3. The molecule has 12 heteroatoms. The summed E-state index contributed by atoms with van der Waals surface area (Å²) in [5, 5.41) is 14.5. The van der Waals surface area contributed by atoms with Crippen LogP contribution in [0.25, 0.3) is 0 Å². The zero-order valence-electron chi connectivity index (χ0n) is 12.3. The lowest BCUT2D eigenvalue weighted by molar-refractivity contribution is -0.384. The summed E-state index contributed by atoms with van der Waals surface area (Å²) in [6.07, 6.45) is -5.79. The summed E-state index contributed by atoms with van der Waals surface area (Å²) < 4.78 is 63.9. The van der Waals surface area contributed by atoms with Gasteiger partial charge in [0.1, 0.15) is 23.5 Å². The molecule has 2 aromatic rings. The van der Waals surface area contributed by atoms with E-state index in [0.29, 0.717) is 16.7 Å². The van der Waals surface area contributed by atoms with E-state index in [0.717, 1.165) is 19.2 Å². The predicted octanol–water partition coefficient (Wildman–Crippen LogP) is 4.10. The lowest BCUT2D eigenvalue weighted by Crippen LogP contribution is -2.34. The third kappa shape index (κ3) is 3.73. The van der Waals surface area contributed by atoms with Gasteiger partial charge < -0.3 is 4.84 Å². The molecule has 0 radical (unpaired) electrons. The molecule has 2 rings (SSSR count). The largest absolute Gasteiger partial charge is 0.459 e. The highest BCUT2D eigenvalue weighted by molar-refractivity contribution is 7.12. The van der Waals surface area contributed by atoms with Crippen LogP contribution in [0.2, 0.25) is 0 Å². The number of hydrogen-bond donors (Lipinski definition) is 0. The van der Waals surface area contributed by atoms with Gasteiger partial charge in [0.05, 0.1) is 4.92 Å². The monoisotopic (exact) mass is 381 g/mol. The predicted molar refractivity (Wildman–Crippen MR) is 77.8 cm³/mol. The molecule has 0 spiro atoms. The molecule has 0 fully saturated rings. The molecule has 134 valence electrons. The van der Waals surface area contributed by atoms with Crippen LogP contribution in [0.5, 0.6) is 0 Å². The number of hydrogen-bond acceptors (Lipinski definition) is 6. The second kappa shape index (κ2) is 6.70. The van der Waals surface area contributed by atoms with E-state index in [1.807, 2.05) is 0 Å². The first-order valence-electron chi connectivity index (χ1n) is 6.35. The van der Waals surface area contributed by atoms with E-state index in [1.165, 1.54) is 12.1 Å². The minimum Gasteiger partial charge on any atom is -0.399 e. The molecular formula is C13H8F5N3O3S. The Bertz CT molecular complexity index is 802. The molecule has 0 unspecified atom stereocenters. The Kier molecular flexibility index (Phi) is 5.02. The van der Waals surface area contributed by atoms with Crippen LogP contribution in [0, 0.1) is 10.1 Å². The van der Waals surface area contributed by atoms with E-state index in [4.69, 9.17) is 0 Å². The summed E-state index contributed by atoms with van der Waals surface area (Å²) >= 11 is 0.510. The van der Waals surface area contributed by atoms with Gasteiger partial charge in [0.25, 0.3) is 5.69 Å². The molecule has 0 aliphatic carbocycles. The first kappa shape index (κ1) is 18.7. The molecular weight excluding hydrogens is 373 g/mol. The molecule has 0 N–H and O–H groups in total. The number of aromatic nitrogens is 1. The fourth-order valence-electron chi connectivity index (χ4n) is 1.72. The van der Waals surface area contributed by atoms with Gasteiger partial charge in [0.2, 0.25) is 0 Å². The van der Waals surface area contributed by atoms with Gasteiger partial charge >= 0.3 is 12.1 Å². The van der Waals surface area contributed by atoms with Crippen molar-refractivity contribution in [1.82, 2.24) is 4.98 Å². The van der Waals surface area contributed by atoms with E-state index in [1.54, 1.807) is 0 Å².